The third-order valence-electron chi connectivity index (χ3n) is 4.66. The van der Waals surface area contributed by atoms with Crippen molar-refractivity contribution in [2.75, 3.05) is 24.3 Å². The highest BCUT2D eigenvalue weighted by molar-refractivity contribution is 7.91. The largest absolute Gasteiger partial charge is 0.486 e. The number of azo groups is 1. The number of amides is 1. The van der Waals surface area contributed by atoms with Gasteiger partial charge in [0.2, 0.25) is 5.91 Å². The molecule has 4 rings (SSSR count). The summed E-state index contributed by atoms with van der Waals surface area (Å²) in [7, 11) is -3.65. The number of sulfone groups is 1. The van der Waals surface area contributed by atoms with Gasteiger partial charge in [-0.05, 0) is 48.5 Å². The Labute approximate surface area is 185 Å². The molecular weight excluding hydrogens is 430 g/mol. The van der Waals surface area contributed by atoms with Crippen molar-refractivity contribution in [3.8, 4) is 11.5 Å². The molecule has 164 valence electrons. The Balaban J connectivity index is 1.32. The average Bonchev–Trinajstić information content (AvgIpc) is 2.83. The normalized spacial score (nSPS) is 13.1. The zero-order valence-corrected chi connectivity index (χ0v) is 17.9. The molecule has 0 unspecified atom stereocenters. The fourth-order valence-corrected chi connectivity index (χ4v) is 4.26. The molecule has 1 aliphatic heterocycles. The van der Waals surface area contributed by atoms with E-state index < -0.39 is 15.7 Å². The second kappa shape index (κ2) is 9.61. The highest BCUT2D eigenvalue weighted by Gasteiger charge is 2.20. The maximum absolute atomic E-state index is 12.6. The lowest BCUT2D eigenvalue weighted by Gasteiger charge is -2.18. The lowest BCUT2D eigenvalue weighted by atomic mass is 10.3. The molecule has 1 heterocycles. The molecule has 0 fully saturated rings. The number of hydrogen-bond donors (Lipinski definition) is 1. The first-order valence-electron chi connectivity index (χ1n) is 9.99. The van der Waals surface area contributed by atoms with Gasteiger partial charge in [0.1, 0.15) is 13.2 Å². The fraction of sp³-hybridized carbons (Fsp3) is 0.174. The van der Waals surface area contributed by atoms with Crippen LogP contribution in [0.2, 0.25) is 0 Å². The Hall–Kier alpha value is -3.72. The van der Waals surface area contributed by atoms with Gasteiger partial charge in [-0.15, -0.1) is 0 Å². The minimum atomic E-state index is -3.65. The Bertz CT molecular complexity index is 1230. The molecule has 3 aromatic carbocycles. The van der Waals surface area contributed by atoms with E-state index in [1.807, 2.05) is 30.3 Å². The van der Waals surface area contributed by atoms with Gasteiger partial charge in [-0.3, -0.25) is 4.79 Å². The van der Waals surface area contributed by atoms with Crippen molar-refractivity contribution in [3.63, 3.8) is 0 Å². The van der Waals surface area contributed by atoms with Crippen LogP contribution in [0.1, 0.15) is 6.42 Å². The number of carbonyl (C=O) groups is 1. The molecule has 0 atom stereocenters. The molecule has 0 saturated carbocycles. The van der Waals surface area contributed by atoms with Gasteiger partial charge in [0.05, 0.1) is 22.0 Å². The zero-order chi connectivity index (χ0) is 22.4. The Morgan fingerprint density at radius 1 is 0.844 bits per heavy atom. The van der Waals surface area contributed by atoms with Crippen LogP contribution in [0.3, 0.4) is 0 Å². The Morgan fingerprint density at radius 3 is 2.22 bits per heavy atom. The second-order valence-corrected chi connectivity index (χ2v) is 9.11. The number of rotatable bonds is 7. The van der Waals surface area contributed by atoms with Crippen LogP contribution in [0.5, 0.6) is 11.5 Å². The molecule has 0 radical (unpaired) electrons. The number of anilines is 1. The summed E-state index contributed by atoms with van der Waals surface area (Å²) in [5, 5.41) is 11.0. The molecule has 9 heteroatoms. The first-order valence-corrected chi connectivity index (χ1v) is 11.6. The SMILES string of the molecule is O=C(CCS(=O)(=O)c1ccc2c(c1)OCCO2)Nc1ccc(N=Nc2ccccc2)cc1. The topological polar surface area (TPSA) is 106 Å². The van der Waals surface area contributed by atoms with Crippen LogP contribution >= 0.6 is 0 Å². The quantitative estimate of drug-likeness (QED) is 0.525. The van der Waals surface area contributed by atoms with Crippen molar-refractivity contribution in [1.82, 2.24) is 0 Å². The van der Waals surface area contributed by atoms with Crippen molar-refractivity contribution >= 4 is 32.8 Å². The van der Waals surface area contributed by atoms with E-state index in [9.17, 15) is 13.2 Å². The van der Waals surface area contributed by atoms with Crippen LogP contribution in [0.25, 0.3) is 0 Å². The maximum Gasteiger partial charge on any atom is 0.225 e. The molecule has 3 aromatic rings. The van der Waals surface area contributed by atoms with E-state index in [-0.39, 0.29) is 17.1 Å². The summed E-state index contributed by atoms with van der Waals surface area (Å²) in [6, 6.07) is 20.6. The second-order valence-electron chi connectivity index (χ2n) is 7.00. The van der Waals surface area contributed by atoms with Crippen molar-refractivity contribution in [3.05, 3.63) is 72.8 Å². The number of fused-ring (bicyclic) bond motifs is 1. The van der Waals surface area contributed by atoms with E-state index in [0.717, 1.165) is 5.69 Å². The lowest BCUT2D eigenvalue weighted by Crippen LogP contribution is -2.18. The maximum atomic E-state index is 12.6. The molecule has 8 nitrogen and oxygen atoms in total. The van der Waals surface area contributed by atoms with Crippen LogP contribution in [-0.2, 0) is 14.6 Å². The van der Waals surface area contributed by atoms with Gasteiger partial charge >= 0.3 is 0 Å². The minimum absolute atomic E-state index is 0.0997. The van der Waals surface area contributed by atoms with Gasteiger partial charge in [-0.2, -0.15) is 10.2 Å². The third-order valence-corrected chi connectivity index (χ3v) is 6.37. The van der Waals surface area contributed by atoms with Gasteiger partial charge in [0.15, 0.2) is 21.3 Å². The average molecular weight is 452 g/mol. The van der Waals surface area contributed by atoms with E-state index in [4.69, 9.17) is 9.47 Å². The van der Waals surface area contributed by atoms with E-state index in [1.54, 1.807) is 30.3 Å². The molecule has 0 saturated heterocycles. The van der Waals surface area contributed by atoms with Crippen LogP contribution in [-0.4, -0.2) is 33.3 Å². The summed E-state index contributed by atoms with van der Waals surface area (Å²) in [5.41, 5.74) is 1.92. The summed E-state index contributed by atoms with van der Waals surface area (Å²) in [5.74, 6) is 0.192. The zero-order valence-electron chi connectivity index (χ0n) is 17.1. The molecule has 1 amide bonds. The molecule has 0 bridgehead atoms. The van der Waals surface area contributed by atoms with E-state index in [1.165, 1.54) is 12.1 Å². The number of carbonyl (C=O) groups excluding carboxylic acids is 1. The molecule has 0 spiro atoms. The highest BCUT2D eigenvalue weighted by Crippen LogP contribution is 2.32. The van der Waals surface area contributed by atoms with Gasteiger partial charge in [-0.1, -0.05) is 18.2 Å². The standard InChI is InChI=1S/C23H21N3O5S/c27-23(12-15-32(28,29)20-10-11-21-22(16-20)31-14-13-30-21)24-17-6-8-19(9-7-17)26-25-18-4-2-1-3-5-18/h1-11,16H,12-15H2,(H,24,27). The fourth-order valence-electron chi connectivity index (χ4n) is 3.01. The van der Waals surface area contributed by atoms with Gasteiger partial charge < -0.3 is 14.8 Å². The highest BCUT2D eigenvalue weighted by atomic mass is 32.2. The van der Waals surface area contributed by atoms with E-state index in [0.29, 0.717) is 36.1 Å². The number of nitrogens with one attached hydrogen (secondary N) is 1. The minimum Gasteiger partial charge on any atom is -0.486 e. The summed E-state index contributed by atoms with van der Waals surface area (Å²) in [6.45, 7) is 0.793. The number of ether oxygens (including phenoxy) is 2. The lowest BCUT2D eigenvalue weighted by molar-refractivity contribution is -0.115. The predicted octanol–water partition coefficient (Wildman–Crippen LogP) is 4.68. The van der Waals surface area contributed by atoms with Crippen molar-refractivity contribution in [2.45, 2.75) is 11.3 Å². The van der Waals surface area contributed by atoms with Gasteiger partial charge in [0, 0.05) is 18.2 Å². The summed E-state index contributed by atoms with van der Waals surface area (Å²) in [6.07, 6.45) is -0.174. The Kier molecular flexibility index (Phi) is 6.46. The summed E-state index contributed by atoms with van der Waals surface area (Å²) in [4.78, 5) is 12.4. The number of nitrogens with zero attached hydrogens (tertiary/aromatic N) is 2. The van der Waals surface area contributed by atoms with Crippen molar-refractivity contribution in [2.24, 2.45) is 10.2 Å². The Morgan fingerprint density at radius 2 is 1.50 bits per heavy atom. The van der Waals surface area contributed by atoms with Crippen molar-refractivity contribution < 1.29 is 22.7 Å². The van der Waals surface area contributed by atoms with E-state index >= 15 is 0 Å². The van der Waals surface area contributed by atoms with Crippen LogP contribution in [0.15, 0.2) is 87.9 Å². The first-order chi connectivity index (χ1) is 15.5. The molecule has 0 aliphatic carbocycles. The number of benzene rings is 3. The summed E-state index contributed by atoms with van der Waals surface area (Å²) >= 11 is 0. The van der Waals surface area contributed by atoms with E-state index in [2.05, 4.69) is 15.5 Å². The van der Waals surface area contributed by atoms with Crippen LogP contribution in [0, 0.1) is 0 Å². The monoisotopic (exact) mass is 451 g/mol. The molecule has 32 heavy (non-hydrogen) atoms. The van der Waals surface area contributed by atoms with Crippen LogP contribution < -0.4 is 14.8 Å². The summed E-state index contributed by atoms with van der Waals surface area (Å²) < 4.78 is 36.1. The number of hydrogen-bond acceptors (Lipinski definition) is 7. The van der Waals surface area contributed by atoms with Gasteiger partial charge in [-0.25, -0.2) is 8.42 Å². The molecule has 1 aliphatic rings. The first kappa shape index (κ1) is 21.5. The molecule has 1 N–H and O–H groups in total. The van der Waals surface area contributed by atoms with Crippen molar-refractivity contribution in [1.29, 1.82) is 0 Å². The van der Waals surface area contributed by atoms with Crippen LogP contribution in [0.4, 0.5) is 17.1 Å². The predicted molar refractivity (Wildman–Crippen MR) is 120 cm³/mol. The molecule has 0 aromatic heterocycles. The molecular formula is C23H21N3O5S. The van der Waals surface area contributed by atoms with Gasteiger partial charge in [0.25, 0.3) is 0 Å². The third kappa shape index (κ3) is 5.50. The smallest absolute Gasteiger partial charge is 0.225 e.